The van der Waals surface area contributed by atoms with Gasteiger partial charge in [-0.25, -0.2) is 0 Å². The molecule has 0 aliphatic rings. The van der Waals surface area contributed by atoms with Gasteiger partial charge in [0.15, 0.2) is 0 Å². The van der Waals surface area contributed by atoms with Crippen LogP contribution >= 0.6 is 11.6 Å². The van der Waals surface area contributed by atoms with E-state index in [4.69, 9.17) is 27.3 Å². The minimum Gasteiger partial charge on any atom is -0.497 e. The quantitative estimate of drug-likeness (QED) is 0.827. The largest absolute Gasteiger partial charge is 0.497 e. The zero-order chi connectivity index (χ0) is 10.6. The summed E-state index contributed by atoms with van der Waals surface area (Å²) in [6.07, 6.45) is 0.458. The van der Waals surface area contributed by atoms with Crippen LogP contribution in [0.1, 0.15) is 5.56 Å². The molecule has 0 radical (unpaired) electrons. The van der Waals surface area contributed by atoms with Crippen molar-refractivity contribution in [1.29, 1.82) is 5.26 Å². The van der Waals surface area contributed by atoms with Gasteiger partial charge >= 0.3 is 0 Å². The number of methoxy groups -OCH3 is 1. The van der Waals surface area contributed by atoms with Crippen molar-refractivity contribution in [1.82, 2.24) is 0 Å². The maximum Gasteiger partial charge on any atom is 0.120 e. The van der Waals surface area contributed by atoms with E-state index in [2.05, 4.69) is 0 Å². The minimum absolute atomic E-state index is 0.458. The Morgan fingerprint density at radius 1 is 1.64 bits per heavy atom. The highest BCUT2D eigenvalue weighted by Gasteiger charge is 2.06. The normalized spacial score (nSPS) is 11.9. The number of benzene rings is 1. The standard InChI is InChI=1S/C10H11ClN2O/c1-14-9-3-2-7(10(11)5-9)4-8(13)6-12/h2-3,5,8H,4,13H2,1H3. The Bertz CT molecular complexity index is 360. The van der Waals surface area contributed by atoms with Crippen molar-refractivity contribution in [3.63, 3.8) is 0 Å². The third-order valence-electron chi connectivity index (χ3n) is 1.87. The third-order valence-corrected chi connectivity index (χ3v) is 2.22. The summed E-state index contributed by atoms with van der Waals surface area (Å²) in [6.45, 7) is 0. The van der Waals surface area contributed by atoms with Crippen molar-refractivity contribution in [2.45, 2.75) is 12.5 Å². The van der Waals surface area contributed by atoms with Crippen LogP contribution in [-0.2, 0) is 6.42 Å². The Morgan fingerprint density at radius 3 is 2.86 bits per heavy atom. The summed E-state index contributed by atoms with van der Waals surface area (Å²) >= 11 is 5.96. The van der Waals surface area contributed by atoms with Gasteiger partial charge in [0.05, 0.1) is 19.2 Å². The van der Waals surface area contributed by atoms with Crippen molar-refractivity contribution >= 4 is 11.6 Å². The number of rotatable bonds is 3. The van der Waals surface area contributed by atoms with E-state index in [0.29, 0.717) is 17.2 Å². The van der Waals surface area contributed by atoms with Gasteiger partial charge in [-0.1, -0.05) is 17.7 Å². The van der Waals surface area contributed by atoms with E-state index < -0.39 is 6.04 Å². The second kappa shape index (κ2) is 4.85. The maximum atomic E-state index is 8.54. The Hall–Kier alpha value is -1.24. The zero-order valence-corrected chi connectivity index (χ0v) is 8.58. The molecule has 3 nitrogen and oxygen atoms in total. The number of ether oxygens (including phenoxy) is 1. The lowest BCUT2D eigenvalue weighted by molar-refractivity contribution is 0.414. The van der Waals surface area contributed by atoms with E-state index >= 15 is 0 Å². The molecule has 1 aromatic carbocycles. The molecule has 2 N–H and O–H groups in total. The first-order valence-electron chi connectivity index (χ1n) is 4.15. The molecule has 4 heteroatoms. The summed E-state index contributed by atoms with van der Waals surface area (Å²) in [5.41, 5.74) is 6.36. The Morgan fingerprint density at radius 2 is 2.36 bits per heavy atom. The van der Waals surface area contributed by atoms with Crippen LogP contribution in [0.2, 0.25) is 5.02 Å². The molecule has 0 bridgehead atoms. The van der Waals surface area contributed by atoms with Gasteiger partial charge in [0.1, 0.15) is 5.75 Å². The molecule has 0 saturated carbocycles. The van der Waals surface area contributed by atoms with Crippen molar-refractivity contribution in [2.24, 2.45) is 5.73 Å². The molecule has 74 valence electrons. The third kappa shape index (κ3) is 2.63. The summed E-state index contributed by atoms with van der Waals surface area (Å²) in [6, 6.07) is 6.77. The van der Waals surface area contributed by atoms with Crippen molar-refractivity contribution in [2.75, 3.05) is 7.11 Å². The average molecular weight is 211 g/mol. The molecule has 0 spiro atoms. The number of hydrogen-bond acceptors (Lipinski definition) is 3. The monoisotopic (exact) mass is 210 g/mol. The molecule has 0 aliphatic heterocycles. The predicted octanol–water partition coefficient (Wildman–Crippen LogP) is 1.74. The Labute approximate surface area is 88.0 Å². The van der Waals surface area contributed by atoms with Crippen LogP contribution in [0.15, 0.2) is 18.2 Å². The molecule has 1 rings (SSSR count). The minimum atomic E-state index is -0.513. The fraction of sp³-hybridized carbons (Fsp3) is 0.300. The maximum absolute atomic E-state index is 8.54. The molecule has 1 atom stereocenters. The van der Waals surface area contributed by atoms with Gasteiger partial charge in [-0.3, -0.25) is 0 Å². The summed E-state index contributed by atoms with van der Waals surface area (Å²) in [7, 11) is 1.58. The van der Waals surface area contributed by atoms with Crippen LogP contribution in [0.3, 0.4) is 0 Å². The van der Waals surface area contributed by atoms with Gasteiger partial charge < -0.3 is 10.5 Å². The lowest BCUT2D eigenvalue weighted by Crippen LogP contribution is -2.20. The lowest BCUT2D eigenvalue weighted by atomic mass is 10.1. The van der Waals surface area contributed by atoms with E-state index in [0.717, 1.165) is 5.56 Å². The smallest absolute Gasteiger partial charge is 0.120 e. The van der Waals surface area contributed by atoms with E-state index in [9.17, 15) is 0 Å². The number of halogens is 1. The SMILES string of the molecule is COc1ccc(CC(N)C#N)c(Cl)c1. The summed E-state index contributed by atoms with van der Waals surface area (Å²) in [4.78, 5) is 0. The number of nitriles is 1. The predicted molar refractivity (Wildman–Crippen MR) is 55.3 cm³/mol. The Kier molecular flexibility index (Phi) is 3.75. The van der Waals surface area contributed by atoms with Crippen LogP contribution in [0, 0.1) is 11.3 Å². The fourth-order valence-corrected chi connectivity index (χ4v) is 1.35. The van der Waals surface area contributed by atoms with Gasteiger partial charge in [0.25, 0.3) is 0 Å². The molecule has 0 saturated heterocycles. The van der Waals surface area contributed by atoms with Gasteiger partial charge in [-0.15, -0.1) is 0 Å². The molecular formula is C10H11ClN2O. The van der Waals surface area contributed by atoms with E-state index in [1.54, 1.807) is 19.2 Å². The highest BCUT2D eigenvalue weighted by molar-refractivity contribution is 6.31. The first-order valence-corrected chi connectivity index (χ1v) is 4.52. The van der Waals surface area contributed by atoms with Crippen LogP contribution in [0.25, 0.3) is 0 Å². The summed E-state index contributed by atoms with van der Waals surface area (Å²) in [5, 5.41) is 9.12. The van der Waals surface area contributed by atoms with E-state index in [-0.39, 0.29) is 0 Å². The molecular weight excluding hydrogens is 200 g/mol. The van der Waals surface area contributed by atoms with Crippen LogP contribution < -0.4 is 10.5 Å². The first kappa shape index (κ1) is 10.8. The van der Waals surface area contributed by atoms with E-state index in [1.807, 2.05) is 12.1 Å². The lowest BCUT2D eigenvalue weighted by Gasteiger charge is -2.07. The highest BCUT2D eigenvalue weighted by Crippen LogP contribution is 2.22. The molecule has 0 aliphatic carbocycles. The number of nitrogens with two attached hydrogens (primary N) is 1. The van der Waals surface area contributed by atoms with E-state index in [1.165, 1.54) is 0 Å². The van der Waals surface area contributed by atoms with Crippen molar-refractivity contribution < 1.29 is 4.74 Å². The molecule has 0 amide bonds. The van der Waals surface area contributed by atoms with Crippen molar-refractivity contribution in [3.8, 4) is 11.8 Å². The molecule has 0 heterocycles. The molecule has 1 unspecified atom stereocenters. The summed E-state index contributed by atoms with van der Waals surface area (Å²) in [5.74, 6) is 0.698. The van der Waals surface area contributed by atoms with Crippen LogP contribution in [0.5, 0.6) is 5.75 Å². The highest BCUT2D eigenvalue weighted by atomic mass is 35.5. The topological polar surface area (TPSA) is 59.0 Å². The van der Waals surface area contributed by atoms with Gasteiger partial charge in [0, 0.05) is 11.4 Å². The Balaban J connectivity index is 2.85. The molecule has 1 aromatic rings. The first-order chi connectivity index (χ1) is 6.67. The molecule has 0 aromatic heterocycles. The average Bonchev–Trinajstić information content (AvgIpc) is 2.20. The zero-order valence-electron chi connectivity index (χ0n) is 7.83. The van der Waals surface area contributed by atoms with Gasteiger partial charge in [-0.2, -0.15) is 5.26 Å². The van der Waals surface area contributed by atoms with Crippen LogP contribution in [-0.4, -0.2) is 13.2 Å². The van der Waals surface area contributed by atoms with Crippen molar-refractivity contribution in [3.05, 3.63) is 28.8 Å². The fourth-order valence-electron chi connectivity index (χ4n) is 1.10. The second-order valence-electron chi connectivity index (χ2n) is 2.90. The summed E-state index contributed by atoms with van der Waals surface area (Å²) < 4.78 is 5.00. The number of nitrogens with zero attached hydrogens (tertiary/aromatic N) is 1. The molecule has 14 heavy (non-hydrogen) atoms. The molecule has 0 fully saturated rings. The van der Waals surface area contributed by atoms with Crippen LogP contribution in [0.4, 0.5) is 0 Å². The van der Waals surface area contributed by atoms with Gasteiger partial charge in [0.2, 0.25) is 0 Å². The van der Waals surface area contributed by atoms with Gasteiger partial charge in [-0.05, 0) is 17.7 Å². The second-order valence-corrected chi connectivity index (χ2v) is 3.30. The number of hydrogen-bond donors (Lipinski definition) is 1.